The predicted octanol–water partition coefficient (Wildman–Crippen LogP) is 8.77. The number of nitrogens with two attached hydrogens (primary N) is 2. The van der Waals surface area contributed by atoms with E-state index in [9.17, 15) is 44.4 Å². The molecule has 5 aliphatic rings. The fraction of sp³-hybridized carbons (Fsp3) is 0.640. The molecule has 11 rings (SSSR count). The topological polar surface area (TPSA) is 450 Å². The SMILES string of the molecule is CO[C@H]1C[C@@H]2CC[C@@H](C)[C@@](O)(O2)C(=O)C(=O)N2CCCC[C@H]2C(=O)O[C@H]([C@H](C)C[C@@H]2CC[C@@H](O)[C@H](OC)C2)C[C@@H](O)[C@H](C)/C=C(\C)[C@@H](O)[C@@H](OC)C(=NOCc2cn(-c3cnc(N4CCN(C(=O)CCOCCOCCOCCC(=O)CCCCCn5nc(-c6ccc7oc(N)nc7c6)c6c(N)ncnc65)CC4)nc3)nn2)[C@H](C)C[C@H](C)/C=C/C=C/C=C/1C. The van der Waals surface area contributed by atoms with Crippen molar-refractivity contribution in [2.75, 3.05) is 110 Å². The first-order valence-electron chi connectivity index (χ1n) is 43.9. The second-order valence-corrected chi connectivity index (χ2v) is 33.9. The van der Waals surface area contributed by atoms with Gasteiger partial charge in [0.15, 0.2) is 17.8 Å². The van der Waals surface area contributed by atoms with Gasteiger partial charge in [-0.2, -0.15) is 10.1 Å². The van der Waals surface area contributed by atoms with E-state index < -0.39 is 84.1 Å². The number of anilines is 3. The van der Waals surface area contributed by atoms with E-state index in [1.165, 1.54) is 23.0 Å². The zero-order valence-electron chi connectivity index (χ0n) is 73.4. The number of aryl methyl sites for hydroxylation is 1. The van der Waals surface area contributed by atoms with Gasteiger partial charge < -0.3 is 93.7 Å². The molecular formula is C89H128N16O19. The fourth-order valence-electron chi connectivity index (χ4n) is 17.2. The molecule has 2 bridgehead atoms. The number of hydrogen-bond acceptors (Lipinski definition) is 31. The Morgan fingerprint density at radius 2 is 1.52 bits per heavy atom. The maximum absolute atomic E-state index is 14.8. The molecule has 9 heterocycles. The number of piperidine rings is 1. The Morgan fingerprint density at radius 3 is 2.26 bits per heavy atom. The number of rotatable bonds is 30. The summed E-state index contributed by atoms with van der Waals surface area (Å²) < 4.78 is 56.3. The Hall–Kier alpha value is -9.40. The third-order valence-corrected chi connectivity index (χ3v) is 24.7. The minimum absolute atomic E-state index is 0.0124. The molecule has 0 unspecified atom stereocenters. The lowest BCUT2D eigenvalue weighted by Gasteiger charge is -2.43. The van der Waals surface area contributed by atoms with E-state index in [1.807, 2.05) is 78.6 Å². The number of aliphatic hydroxyl groups excluding tert-OH is 3. The zero-order chi connectivity index (χ0) is 88.6. The number of fused-ring (bicyclic) bond motifs is 5. The Kier molecular flexibility index (Phi) is 35.5. The summed E-state index contributed by atoms with van der Waals surface area (Å²) in [5, 5.41) is 66.4. The number of esters is 1. The van der Waals surface area contributed by atoms with Crippen molar-refractivity contribution in [3.05, 3.63) is 96.4 Å². The summed E-state index contributed by atoms with van der Waals surface area (Å²) in [6.45, 7) is 17.7. The van der Waals surface area contributed by atoms with E-state index in [4.69, 9.17) is 68.9 Å². The van der Waals surface area contributed by atoms with Crippen LogP contribution in [0.2, 0.25) is 0 Å². The summed E-state index contributed by atoms with van der Waals surface area (Å²) >= 11 is 0. The number of methoxy groups -OCH3 is 3. The van der Waals surface area contributed by atoms with Crippen molar-refractivity contribution >= 4 is 75.0 Å². The van der Waals surface area contributed by atoms with E-state index in [0.717, 1.165) is 30.4 Å². The number of cyclic esters (lactones) is 1. The molecule has 8 N–H and O–H groups in total. The number of aromatic nitrogens is 10. The number of oxazole rings is 1. The summed E-state index contributed by atoms with van der Waals surface area (Å²) in [5.74, 6) is -6.34. The molecule has 0 radical (unpaired) electrons. The number of nitrogen functional groups attached to an aromatic ring is 2. The third-order valence-electron chi connectivity index (χ3n) is 24.7. The number of aliphatic hydroxyl groups is 4. The number of piperazine rings is 1. The molecular weight excluding hydrogens is 1600 g/mol. The highest BCUT2D eigenvalue weighted by molar-refractivity contribution is 6.39. The van der Waals surface area contributed by atoms with Crippen molar-refractivity contribution in [1.29, 1.82) is 0 Å². The van der Waals surface area contributed by atoms with E-state index >= 15 is 0 Å². The van der Waals surface area contributed by atoms with E-state index in [0.29, 0.717) is 199 Å². The van der Waals surface area contributed by atoms with Gasteiger partial charge in [0, 0.05) is 110 Å². The predicted molar refractivity (Wildman–Crippen MR) is 461 cm³/mol. The van der Waals surface area contributed by atoms with Crippen LogP contribution in [0, 0.1) is 35.5 Å². The van der Waals surface area contributed by atoms with Gasteiger partial charge in [0.1, 0.15) is 64.9 Å². The minimum atomic E-state index is -2.46. The molecule has 6 aromatic rings. The molecule has 1 aliphatic carbocycles. The Bertz CT molecular complexity index is 4640. The second kappa shape index (κ2) is 46.2. The van der Waals surface area contributed by atoms with Gasteiger partial charge in [0.25, 0.3) is 17.7 Å². The standard InChI is InChI=1S/C89H128N16O19/c1-55-19-13-11-14-20-56(2)73(115-8)48-67-26-23-61(7)89(114,124-67)82(111)85(112)103-31-18-16-22-69(103)86(113)122-74(58(4)45-62-24-27-70(107)75(46-62)116-9)49-71(108)57(3)44-60(6)80(110)81(117-10)78(59(5)43-55)99-121-53-64-52-105(100-97-64)65-50-92-88(93-51-65)102-35-33-101(34-36-102)76(109)30-38-119-40-42-120-41-39-118-37-29-66(106)21-15-12-17-32-104-84-77(83(90)94-54-95-84)79(98-104)63-25-28-72-68(47-63)96-87(91)123-72/h11,13-14,19-20,25,28,44,47,50-52,54-55,57-59,61-62,67,69-71,73-75,80-81,107-108,110,114H,12,15-18,21-24,26-27,29-43,45-46,48-49,53H2,1-10H3,(H2,91,96)(H2,90,94,95)/b14-11+,19-13+,56-20+,60-44+,99-78?/t55-,57-,58-,59-,61-,62+,67+,69+,70-,71-,73+,74+,75-,80-,81+,89-/m1/s1. The van der Waals surface area contributed by atoms with Crippen molar-refractivity contribution in [3.8, 4) is 16.9 Å². The number of oxime groups is 1. The van der Waals surface area contributed by atoms with Crippen LogP contribution in [-0.2, 0) is 79.9 Å². The first-order chi connectivity index (χ1) is 59.7. The number of ketones is 2. The van der Waals surface area contributed by atoms with Crippen molar-refractivity contribution in [2.45, 2.75) is 238 Å². The van der Waals surface area contributed by atoms with Gasteiger partial charge in [-0.1, -0.05) is 87.9 Å². The van der Waals surface area contributed by atoms with Crippen molar-refractivity contribution in [2.24, 2.45) is 40.7 Å². The second-order valence-electron chi connectivity index (χ2n) is 33.9. The van der Waals surface area contributed by atoms with Crippen LogP contribution in [0.5, 0.6) is 0 Å². The van der Waals surface area contributed by atoms with Crippen molar-refractivity contribution in [3.63, 3.8) is 0 Å². The van der Waals surface area contributed by atoms with Gasteiger partial charge in [0.2, 0.25) is 17.6 Å². The molecule has 35 heteroatoms. The maximum Gasteiger partial charge on any atom is 0.329 e. The van der Waals surface area contributed by atoms with Gasteiger partial charge in [-0.15, -0.1) is 5.10 Å². The number of amides is 2. The quantitative estimate of drug-likeness (QED) is 0.00806. The van der Waals surface area contributed by atoms with Gasteiger partial charge in [-0.3, -0.25) is 19.2 Å². The summed E-state index contributed by atoms with van der Waals surface area (Å²) in [4.78, 5) is 103. The number of allylic oxidation sites excluding steroid dienone is 5. The number of carbonyl (C=O) groups excluding carboxylic acids is 5. The fourth-order valence-corrected chi connectivity index (χ4v) is 17.2. The molecule has 1 saturated carbocycles. The van der Waals surface area contributed by atoms with Gasteiger partial charge in [-0.25, -0.2) is 34.1 Å². The van der Waals surface area contributed by atoms with E-state index in [1.54, 1.807) is 58.8 Å². The first kappa shape index (κ1) is 95.3. The van der Waals surface area contributed by atoms with E-state index in [-0.39, 0.29) is 92.9 Å². The smallest absolute Gasteiger partial charge is 0.329 e. The highest BCUT2D eigenvalue weighted by Crippen LogP contribution is 2.40. The number of benzene rings is 1. The first-order valence-corrected chi connectivity index (χ1v) is 43.9. The number of ether oxygens (including phenoxy) is 8. The van der Waals surface area contributed by atoms with Crippen molar-refractivity contribution < 1.29 is 91.5 Å². The molecule has 5 aromatic heterocycles. The molecule has 2 amide bonds. The van der Waals surface area contributed by atoms with Gasteiger partial charge in [-0.05, 0) is 138 Å². The lowest BCUT2D eigenvalue weighted by atomic mass is 9.78. The Morgan fingerprint density at radius 1 is 0.766 bits per heavy atom. The summed E-state index contributed by atoms with van der Waals surface area (Å²) in [6, 6.07) is 4.43. The number of nitrogens with zero attached hydrogens (tertiary/aromatic N) is 14. The number of Topliss-reactive ketones (excluding diaryl/α,β-unsaturated/α-hetero) is 2. The molecule has 16 atom stereocenters. The third kappa shape index (κ3) is 25.5. The van der Waals surface area contributed by atoms with Crippen LogP contribution in [0.3, 0.4) is 0 Å². The number of hydrogen-bond donors (Lipinski definition) is 6. The molecule has 35 nitrogen and oxygen atoms in total. The average Bonchev–Trinajstić information content (AvgIpc) is 1.37. The lowest BCUT2D eigenvalue weighted by molar-refractivity contribution is -0.265. The summed E-state index contributed by atoms with van der Waals surface area (Å²) in [6.07, 6.45) is 20.3. The summed E-state index contributed by atoms with van der Waals surface area (Å²) in [5.41, 5.74) is 18.0. The molecule has 0 spiro atoms. The molecule has 678 valence electrons. The van der Waals surface area contributed by atoms with Gasteiger partial charge >= 0.3 is 5.97 Å². The van der Waals surface area contributed by atoms with Crippen molar-refractivity contribution in [1.82, 2.24) is 59.5 Å². The lowest BCUT2D eigenvalue weighted by Crippen LogP contribution is -2.61. The number of carbonyl (C=O) groups is 5. The molecule has 3 saturated heterocycles. The van der Waals surface area contributed by atoms with Crippen LogP contribution in [0.1, 0.15) is 170 Å². The molecule has 4 aliphatic heterocycles. The van der Waals surface area contributed by atoms with Crippen LogP contribution in [0.4, 0.5) is 17.8 Å². The van der Waals surface area contributed by atoms with Crippen LogP contribution in [0.25, 0.3) is 39.1 Å². The highest BCUT2D eigenvalue weighted by atomic mass is 16.6. The van der Waals surface area contributed by atoms with Gasteiger partial charge in [0.05, 0.1) is 106 Å². The van der Waals surface area contributed by atoms with Crippen LogP contribution < -0.4 is 16.4 Å². The minimum Gasteiger partial charge on any atom is -0.460 e. The van der Waals surface area contributed by atoms with Crippen LogP contribution in [0.15, 0.2) is 100 Å². The summed E-state index contributed by atoms with van der Waals surface area (Å²) in [7, 11) is 4.65. The Labute approximate surface area is 724 Å². The largest absolute Gasteiger partial charge is 0.460 e. The zero-order valence-corrected chi connectivity index (χ0v) is 73.4. The molecule has 1 aromatic carbocycles. The Balaban J connectivity index is 0.637. The van der Waals surface area contributed by atoms with E-state index in [2.05, 4.69) is 48.2 Å². The maximum atomic E-state index is 14.8. The van der Waals surface area contributed by atoms with Crippen LogP contribution in [-0.4, -0.2) is 269 Å². The average molecular weight is 1730 g/mol. The number of unbranched alkanes of at least 4 members (excludes halogenated alkanes) is 2. The normalized spacial score (nSPS) is 28.5. The van der Waals surface area contributed by atoms with Crippen LogP contribution >= 0.6 is 0 Å². The monoisotopic (exact) mass is 1720 g/mol. The molecule has 124 heavy (non-hydrogen) atoms. The highest BCUT2D eigenvalue weighted by Gasteiger charge is 2.53. The molecule has 4 fully saturated rings.